The minimum Gasteiger partial charge on any atom is -0.476 e. The van der Waals surface area contributed by atoms with E-state index in [0.717, 1.165) is 30.0 Å². The van der Waals surface area contributed by atoms with Gasteiger partial charge in [-0.15, -0.1) is 0 Å². The number of benzene rings is 2. The van der Waals surface area contributed by atoms with E-state index in [1.54, 1.807) is 44.4 Å². The summed E-state index contributed by atoms with van der Waals surface area (Å²) in [4.78, 5) is 30.6. The third-order valence-corrected chi connectivity index (χ3v) is 9.89. The summed E-state index contributed by atoms with van der Waals surface area (Å²) in [6, 6.07) is 10.0. The van der Waals surface area contributed by atoms with Crippen LogP contribution in [0.1, 0.15) is 36.2 Å². The van der Waals surface area contributed by atoms with Gasteiger partial charge in [0.05, 0.1) is 30.2 Å². The molecule has 35 heavy (non-hydrogen) atoms. The molecule has 0 atom stereocenters. The van der Waals surface area contributed by atoms with Gasteiger partial charge in [-0.1, -0.05) is 23.7 Å². The number of likely N-dealkylation sites (tertiary alicyclic amines) is 1. The number of carbonyl (C=O) groups excluding carboxylic acids is 1. The van der Waals surface area contributed by atoms with Gasteiger partial charge in [-0.25, -0.2) is 22.5 Å². The summed E-state index contributed by atoms with van der Waals surface area (Å²) in [6.07, 6.45) is 2.24. The lowest BCUT2D eigenvalue weighted by molar-refractivity contribution is -0.130. The van der Waals surface area contributed by atoms with Crippen molar-refractivity contribution in [1.82, 2.24) is 9.05 Å². The first-order valence-corrected chi connectivity index (χ1v) is 14.1. The number of amides is 1. The molecule has 2 heterocycles. The van der Waals surface area contributed by atoms with E-state index in [0.29, 0.717) is 27.9 Å². The molecule has 1 N–H and O–H groups in total. The Morgan fingerprint density at radius 2 is 1.77 bits per heavy atom. The van der Waals surface area contributed by atoms with Crippen molar-refractivity contribution < 1.29 is 23.1 Å². The molecule has 8 nitrogen and oxygen atoms in total. The summed E-state index contributed by atoms with van der Waals surface area (Å²) >= 11 is 7.21. The molecule has 1 aliphatic heterocycles. The molecule has 0 saturated carbocycles. The van der Waals surface area contributed by atoms with Gasteiger partial charge in [0, 0.05) is 19.1 Å². The van der Waals surface area contributed by atoms with Crippen LogP contribution in [0.4, 0.5) is 5.00 Å². The van der Waals surface area contributed by atoms with Gasteiger partial charge in [-0.3, -0.25) is 4.99 Å². The van der Waals surface area contributed by atoms with E-state index in [1.165, 1.54) is 22.0 Å². The van der Waals surface area contributed by atoms with Crippen molar-refractivity contribution in [2.24, 2.45) is 12.0 Å². The van der Waals surface area contributed by atoms with E-state index in [9.17, 15) is 23.1 Å². The van der Waals surface area contributed by atoms with Gasteiger partial charge in [0.25, 0.3) is 0 Å². The van der Waals surface area contributed by atoms with Crippen molar-refractivity contribution >= 4 is 60.4 Å². The van der Waals surface area contributed by atoms with Crippen LogP contribution in [0.3, 0.4) is 0 Å². The molecule has 0 bridgehead atoms. The third-order valence-electron chi connectivity index (χ3n) is 6.57. The van der Waals surface area contributed by atoms with Crippen LogP contribution in [0.5, 0.6) is 0 Å². The molecular formula is C24H27ClN3O5S2+. The highest BCUT2D eigenvalue weighted by molar-refractivity contribution is 7.91. The number of quaternary nitrogens is 1. The molecule has 11 heteroatoms. The Morgan fingerprint density at radius 1 is 1.11 bits per heavy atom. The predicted molar refractivity (Wildman–Crippen MR) is 138 cm³/mol. The molecule has 3 aromatic rings. The Kier molecular flexibility index (Phi) is 7.19. The van der Waals surface area contributed by atoms with E-state index < -0.39 is 15.8 Å². The number of thiazole rings is 1. The number of halogens is 1. The predicted octanol–water partition coefficient (Wildman–Crippen LogP) is 4.00. The number of fused-ring (bicyclic) bond motifs is 1. The first kappa shape index (κ1) is 25.6. The molecule has 186 valence electrons. The minimum atomic E-state index is -3.74. The number of hydrogen-bond acceptors (Lipinski definition) is 6. The number of piperidine rings is 1. The number of aromatic carboxylic acids is 1. The van der Waals surface area contributed by atoms with E-state index in [-0.39, 0.29) is 33.2 Å². The molecule has 0 radical (unpaired) electrons. The van der Waals surface area contributed by atoms with Crippen molar-refractivity contribution in [2.75, 3.05) is 25.9 Å². The molecule has 1 amide bonds. The Morgan fingerprint density at radius 3 is 2.43 bits per heavy atom. The highest BCUT2D eigenvalue weighted by atomic mass is 35.5. The van der Waals surface area contributed by atoms with Crippen LogP contribution in [0.2, 0.25) is 5.02 Å². The number of carboxylic acids is 1. The summed E-state index contributed by atoms with van der Waals surface area (Å²) < 4.78 is 27.6. The Labute approximate surface area is 212 Å². The number of sulfone groups is 1. The average molecular weight is 537 g/mol. The van der Waals surface area contributed by atoms with Gasteiger partial charge in [-0.2, -0.15) is 0 Å². The van der Waals surface area contributed by atoms with E-state index in [1.807, 2.05) is 0 Å². The van der Waals surface area contributed by atoms with Crippen molar-refractivity contribution in [2.45, 2.75) is 30.6 Å². The van der Waals surface area contributed by atoms with Crippen molar-refractivity contribution in [3.05, 3.63) is 51.9 Å². The lowest BCUT2D eigenvalue weighted by Crippen LogP contribution is -2.57. The topological polar surface area (TPSA) is 106 Å². The molecule has 0 spiro atoms. The Balaban J connectivity index is 1.67. The second-order valence-electron chi connectivity index (χ2n) is 8.72. The smallest absolute Gasteiger partial charge is 0.359 e. The van der Waals surface area contributed by atoms with E-state index >= 15 is 0 Å². The van der Waals surface area contributed by atoms with E-state index in [2.05, 4.69) is 4.99 Å². The molecule has 4 rings (SSSR count). The molecule has 0 unspecified atom stereocenters. The average Bonchev–Trinajstić information content (AvgIpc) is 3.19. The van der Waals surface area contributed by atoms with Gasteiger partial charge < -0.3 is 9.67 Å². The molecular weight excluding hydrogens is 510 g/mol. The lowest BCUT2D eigenvalue weighted by Gasteiger charge is -2.37. The fraction of sp³-hybridized carbons (Fsp3) is 0.375. The van der Waals surface area contributed by atoms with Gasteiger partial charge in [0.15, 0.2) is 14.6 Å². The molecule has 1 fully saturated rings. The highest BCUT2D eigenvalue weighted by Crippen LogP contribution is 2.36. The molecule has 1 aliphatic rings. The van der Waals surface area contributed by atoms with Gasteiger partial charge >= 0.3 is 11.9 Å². The van der Waals surface area contributed by atoms with Crippen LogP contribution in [-0.4, -0.2) is 55.9 Å². The number of rotatable bonds is 6. The lowest BCUT2D eigenvalue weighted by atomic mass is 10.1. The Bertz CT molecular complexity index is 1480. The minimum absolute atomic E-state index is 0.0295. The number of carboxylic acid groups (broad SMARTS) is 1. The van der Waals surface area contributed by atoms with Crippen molar-refractivity contribution in [3.8, 4) is 0 Å². The zero-order chi connectivity index (χ0) is 25.4. The summed E-state index contributed by atoms with van der Waals surface area (Å²) in [6.45, 7) is 0.888. The van der Waals surface area contributed by atoms with Crippen LogP contribution in [-0.2, 0) is 21.7 Å². The normalized spacial score (nSPS) is 16.5. The summed E-state index contributed by atoms with van der Waals surface area (Å²) in [5.74, 6) is -1.77. The second-order valence-corrected chi connectivity index (χ2v) is 12.2. The summed E-state index contributed by atoms with van der Waals surface area (Å²) in [5, 5.41) is 12.5. The zero-order valence-corrected chi connectivity index (χ0v) is 21.9. The highest BCUT2D eigenvalue weighted by Gasteiger charge is 2.45. The first-order chi connectivity index (χ1) is 16.6. The number of aromatic nitrogens is 1. The van der Waals surface area contributed by atoms with Crippen LogP contribution >= 0.6 is 22.9 Å². The maximum Gasteiger partial charge on any atom is 0.359 e. The maximum absolute atomic E-state index is 13.7. The Hall–Kier alpha value is -2.53. The fourth-order valence-electron chi connectivity index (χ4n) is 4.72. The van der Waals surface area contributed by atoms with Crippen molar-refractivity contribution in [1.29, 1.82) is 0 Å². The number of carbonyl (C=O) groups is 2. The SMILES string of the molecule is C/N=c1\sc([N+]2(C(=O)CCS(=O)(=O)c3ccc4cc(Cl)ccc4c3)CCCCC2)c(C(=O)O)n1C. The number of hydrogen-bond donors (Lipinski definition) is 1. The quantitative estimate of drug-likeness (QED) is 0.479. The third kappa shape index (κ3) is 4.80. The number of nitrogens with zero attached hydrogens (tertiary/aromatic N) is 3. The molecule has 2 aromatic carbocycles. The van der Waals surface area contributed by atoms with Gasteiger partial charge in [0.2, 0.25) is 10.7 Å². The molecule has 1 aromatic heterocycles. The van der Waals surface area contributed by atoms with Crippen LogP contribution in [0.25, 0.3) is 10.8 Å². The largest absolute Gasteiger partial charge is 0.476 e. The monoisotopic (exact) mass is 536 g/mol. The maximum atomic E-state index is 13.7. The molecule has 0 aliphatic carbocycles. The first-order valence-electron chi connectivity index (χ1n) is 11.3. The van der Waals surface area contributed by atoms with Crippen LogP contribution < -0.4 is 9.28 Å². The molecule has 1 saturated heterocycles. The van der Waals surface area contributed by atoms with Gasteiger partial charge in [-0.05, 0) is 65.6 Å². The standard InChI is InChI=1S/C24H26ClN3O5S2/c1-26-24-27(2)21(23(30)31)22(34-24)28(11-4-3-5-12-28)20(29)10-13-35(32,33)19-9-7-16-14-18(25)8-6-17(16)15-19/h6-9,14-15H,3-5,10-13H2,1-2H3/p+1/b26-24-. The van der Waals surface area contributed by atoms with Gasteiger partial charge in [0.1, 0.15) is 0 Å². The zero-order valence-electron chi connectivity index (χ0n) is 19.5. The second kappa shape index (κ2) is 9.85. The fourth-order valence-corrected chi connectivity index (χ4v) is 7.44. The summed E-state index contributed by atoms with van der Waals surface area (Å²) in [7, 11) is -0.543. The summed E-state index contributed by atoms with van der Waals surface area (Å²) in [5.41, 5.74) is 0.0295. The van der Waals surface area contributed by atoms with E-state index in [4.69, 9.17) is 11.6 Å². The van der Waals surface area contributed by atoms with Crippen LogP contribution in [0, 0.1) is 0 Å². The van der Waals surface area contributed by atoms with Crippen molar-refractivity contribution in [3.63, 3.8) is 0 Å². The van der Waals surface area contributed by atoms with Crippen LogP contribution in [0.15, 0.2) is 46.3 Å².